The Morgan fingerprint density at radius 1 is 0.726 bits per heavy atom. The number of hydrogen-bond acceptors (Lipinski definition) is 24. The number of ketones is 1. The summed E-state index contributed by atoms with van der Waals surface area (Å²) in [6.07, 6.45) is 10.2. The average molecular weight is 1390 g/mol. The Morgan fingerprint density at radius 3 is 1.75 bits per heavy atom. The second-order valence-electron chi connectivity index (χ2n) is 27.7. The topological polar surface area (TPSA) is 360 Å². The summed E-state index contributed by atoms with van der Waals surface area (Å²) in [5.74, 6) is -0.268. The number of rotatable bonds is 21. The minimum Gasteiger partial charge on any atom is -0.493 e. The van der Waals surface area contributed by atoms with Gasteiger partial charge < -0.3 is 69.3 Å². The van der Waals surface area contributed by atoms with Crippen molar-refractivity contribution in [1.82, 2.24) is 30.6 Å². The molecule has 2 aromatic rings. The standard InChI is InChI=1S/C30H40N3O8P.C21H25NO4.C8H13N2O4P.C6H12NO4P.H2/c1-28(2,32-22(34)9-7-18(31)26(35)41-42)27(36)39-20-10-11-30(37)21-14-17-6-8-19(38-3)24-23(17)29(30,25(20)40-24)12-13-33(21)15-16-4-5-16;1-25-15-5-4-13-10-16-21(24)7-6-14(23)19-20(21,17(13)18(15)26-19)8-9-22(16)11-12-2-3-12;1-8(2,9-15)7(13)14-10-5(11)3-4-6(10)12;1-7-4(6(10)11-12)2-3-5(8)9;/h6,8,10,16,18,21,25,37H,4-5,7,9,11-15,31,42H2,1-3H3,(H,32,34);4-5,12,16,19,24H,2-3,6-11H2,1H3;9H,3-4,15H2,1-2H3;4,7H,2-3,12H2,1H3,(H,8,9);1H/t18?,21-,25+,29+,30-;16-,19+,20+,21-;;;/m11.../s1/i;;;;1+1. The van der Waals surface area contributed by atoms with Gasteiger partial charge in [0, 0.05) is 76.3 Å². The Morgan fingerprint density at radius 2 is 1.25 bits per heavy atom. The number of carbonyl (C=O) groups excluding carboxylic acids is 8. The molecule has 5 aliphatic heterocycles. The number of ether oxygens (including phenoxy) is 5. The number of carboxylic acids is 1. The number of esters is 1. The first-order valence-corrected chi connectivity index (χ1v) is 34.0. The number of nitrogens with two attached hydrogens (primary N) is 1. The van der Waals surface area contributed by atoms with Crippen molar-refractivity contribution >= 4 is 81.7 Å². The van der Waals surface area contributed by atoms with E-state index in [1.807, 2.05) is 31.1 Å². The molecule has 3 saturated heterocycles. The third kappa shape index (κ3) is 13.3. The third-order valence-electron chi connectivity index (χ3n) is 21.1. The molecule has 6 aliphatic carbocycles. The van der Waals surface area contributed by atoms with E-state index < -0.39 is 105 Å². The lowest BCUT2D eigenvalue weighted by Gasteiger charge is -2.62. The Hall–Kier alpha value is -5.98. The number of carboxylic acid groups (broad SMARTS) is 1. The SMILES string of the molecule is CC(C)(NP)C(=O)ON1C(=O)CCC1=O.CNC(CCC(=O)O)C(=O)OP.COc1ccc2c3c1O[C@H]1C(=O)CC[C@@]4(O)[C@@H](C2)N(CC2CC2)CC[C@]314.COc1ccc2c3c1O[C@H]1C(OC(=O)C(C)(C)NC(=O)CCC(N)C(=O)OP)=CC[C@@]4(O)[C@@H](C2)N(CC2CC2)CC[C@]314.[2HH]. The molecule has 5 heterocycles. The van der Waals surface area contributed by atoms with E-state index in [0.29, 0.717) is 71.8 Å². The van der Waals surface area contributed by atoms with Gasteiger partial charge in [-0.1, -0.05) is 21.5 Å². The summed E-state index contributed by atoms with van der Waals surface area (Å²) >= 11 is 0. The maximum Gasteiger partial charge on any atom is 0.352 e. The van der Waals surface area contributed by atoms with E-state index >= 15 is 0 Å². The number of hydroxylamine groups is 2. The monoisotopic (exact) mass is 1380 g/mol. The number of aliphatic carboxylic acids is 1. The van der Waals surface area contributed by atoms with Crippen LogP contribution < -0.4 is 40.4 Å². The molecule has 11 aliphatic rings. The Kier molecular flexibility index (Phi) is 21.2. The van der Waals surface area contributed by atoms with Crippen molar-refractivity contribution in [3.05, 3.63) is 58.4 Å². The van der Waals surface area contributed by atoms with Gasteiger partial charge in [0.05, 0.1) is 55.2 Å². The predicted octanol–water partition coefficient (Wildman–Crippen LogP) is 3.23. The van der Waals surface area contributed by atoms with Crippen LogP contribution in [0.2, 0.25) is 0 Å². The average Bonchev–Trinajstić information content (AvgIpc) is 1.42. The fourth-order valence-corrected chi connectivity index (χ4v) is 16.0. The number of nitrogens with one attached hydrogen (secondary N) is 3. The molecule has 3 amide bonds. The molecule has 95 heavy (non-hydrogen) atoms. The van der Waals surface area contributed by atoms with Crippen LogP contribution in [0.5, 0.6) is 23.0 Å². The van der Waals surface area contributed by atoms with Crippen LogP contribution in [0.25, 0.3) is 0 Å². The summed E-state index contributed by atoms with van der Waals surface area (Å²) in [5.41, 5.74) is 4.40. The third-order valence-corrected chi connectivity index (χ3v) is 22.3. The smallest absolute Gasteiger partial charge is 0.352 e. The van der Waals surface area contributed by atoms with Crippen molar-refractivity contribution in [3.8, 4) is 23.0 Å². The van der Waals surface area contributed by atoms with Crippen molar-refractivity contribution in [2.24, 2.45) is 17.6 Å². The fourth-order valence-electron chi connectivity index (χ4n) is 15.6. The second kappa shape index (κ2) is 28.1. The van der Waals surface area contributed by atoms with E-state index in [1.165, 1.54) is 31.2 Å². The fraction of sp³-hybridized carbons (Fsp3) is 0.646. The summed E-state index contributed by atoms with van der Waals surface area (Å²) in [5, 5.41) is 41.6. The molecule has 13 rings (SSSR count). The van der Waals surface area contributed by atoms with Crippen molar-refractivity contribution in [2.45, 2.75) is 206 Å². The first-order valence-electron chi connectivity index (χ1n) is 32.5. The summed E-state index contributed by atoms with van der Waals surface area (Å²) in [7, 11) is 10.7. The van der Waals surface area contributed by atoms with Gasteiger partial charge in [-0.3, -0.25) is 48.4 Å². The molecule has 30 heteroatoms. The summed E-state index contributed by atoms with van der Waals surface area (Å²) in [4.78, 5) is 115. The lowest BCUT2D eigenvalue weighted by Crippen LogP contribution is -2.76. The van der Waals surface area contributed by atoms with Gasteiger partial charge in [-0.05, 0) is 160 Å². The summed E-state index contributed by atoms with van der Waals surface area (Å²) in [6, 6.07) is 6.57. The molecule has 0 aromatic heterocycles. The molecule has 13 atom stereocenters. The van der Waals surface area contributed by atoms with Crippen LogP contribution in [0.4, 0.5) is 0 Å². The number of aliphatic hydroxyl groups is 2. The van der Waals surface area contributed by atoms with Crippen LogP contribution in [0.3, 0.4) is 0 Å². The highest BCUT2D eigenvalue weighted by Crippen LogP contribution is 2.67. The molecule has 2 aromatic carbocycles. The zero-order valence-electron chi connectivity index (χ0n) is 54.8. The minimum atomic E-state index is -1.38. The number of piperidine rings is 2. The van der Waals surface area contributed by atoms with E-state index in [1.54, 1.807) is 55.0 Å². The van der Waals surface area contributed by atoms with Gasteiger partial charge in [-0.2, -0.15) is 0 Å². The van der Waals surface area contributed by atoms with Crippen molar-refractivity contribution in [2.75, 3.05) is 47.4 Å². The van der Waals surface area contributed by atoms with Crippen LogP contribution >= 0.6 is 28.3 Å². The van der Waals surface area contributed by atoms with Crippen molar-refractivity contribution in [3.63, 3.8) is 0 Å². The molecular formula is C65H92N7O20P3. The Bertz CT molecular complexity index is 3410. The molecule has 0 radical (unpaired) electrons. The van der Waals surface area contributed by atoms with E-state index in [4.69, 9.17) is 39.4 Å². The number of amides is 3. The summed E-state index contributed by atoms with van der Waals surface area (Å²) < 4.78 is 39.0. The maximum absolute atomic E-state index is 13.5. The second-order valence-corrected chi connectivity index (χ2v) is 28.5. The van der Waals surface area contributed by atoms with Crippen LogP contribution in [0.1, 0.15) is 148 Å². The largest absolute Gasteiger partial charge is 0.493 e. The number of hydrogen-bond donors (Lipinski definition) is 7. The van der Waals surface area contributed by atoms with Gasteiger partial charge in [-0.25, -0.2) is 9.59 Å². The van der Waals surface area contributed by atoms with E-state index in [-0.39, 0.29) is 57.8 Å². The molecule has 27 nitrogen and oxygen atoms in total. The van der Waals surface area contributed by atoms with Gasteiger partial charge in [-0.15, -0.1) is 5.06 Å². The number of likely N-dealkylation sites (N-methyl/N-ethyl adjacent to an activating group) is 1. The van der Waals surface area contributed by atoms with Crippen LogP contribution in [0.15, 0.2) is 36.1 Å². The highest BCUT2D eigenvalue weighted by atomic mass is 31.0. The van der Waals surface area contributed by atoms with Crippen LogP contribution in [-0.4, -0.2) is 190 Å². The number of Topliss-reactive ketones (excluding diaryl/α,β-unsaturated/α-hetero) is 1. The van der Waals surface area contributed by atoms with Gasteiger partial charge in [0.25, 0.3) is 11.8 Å². The molecule has 4 bridgehead atoms. The number of imide groups is 1. The lowest BCUT2D eigenvalue weighted by atomic mass is 9.49. The molecule has 522 valence electrons. The normalized spacial score (nSPS) is 28.5. The first kappa shape index (κ1) is 71.8. The minimum absolute atomic E-state index is 0. The van der Waals surface area contributed by atoms with Crippen molar-refractivity contribution < 1.29 is 97.5 Å². The highest BCUT2D eigenvalue weighted by Gasteiger charge is 2.75. The van der Waals surface area contributed by atoms with E-state index in [0.717, 1.165) is 61.6 Å². The number of methoxy groups -OCH3 is 2. The van der Waals surface area contributed by atoms with Gasteiger partial charge in [0.2, 0.25) is 5.91 Å². The van der Waals surface area contributed by atoms with Gasteiger partial charge in [0.1, 0.15) is 28.9 Å². The van der Waals surface area contributed by atoms with Crippen LogP contribution in [0, 0.1) is 11.8 Å². The molecule has 2 spiro atoms. The lowest BCUT2D eigenvalue weighted by molar-refractivity contribution is -0.201. The molecule has 6 fully saturated rings. The van der Waals surface area contributed by atoms with Crippen LogP contribution in [-0.2, 0) is 85.4 Å². The van der Waals surface area contributed by atoms with Crippen molar-refractivity contribution in [1.29, 1.82) is 0 Å². The number of likely N-dealkylation sites (tertiary alicyclic amines) is 2. The molecule has 3 saturated carbocycles. The number of benzene rings is 2. The zero-order valence-corrected chi connectivity index (χ0v) is 58.3. The maximum atomic E-state index is 13.5. The summed E-state index contributed by atoms with van der Waals surface area (Å²) in [6.45, 7) is 10.1. The van der Waals surface area contributed by atoms with E-state index in [2.05, 4.69) is 56.1 Å². The Labute approximate surface area is 560 Å². The Balaban J connectivity index is 0.000000169. The number of carbonyl (C=O) groups is 9. The van der Waals surface area contributed by atoms with Gasteiger partial charge >= 0.3 is 29.8 Å². The van der Waals surface area contributed by atoms with Gasteiger partial charge in [0.15, 0.2) is 41.0 Å². The quantitative estimate of drug-likeness (QED) is 0.0536. The molecular weight excluding hydrogens is 1290 g/mol. The first-order chi connectivity index (χ1) is 45.0. The number of nitrogens with zero attached hydrogens (tertiary/aromatic N) is 3. The molecule has 5 unspecified atom stereocenters. The molecule has 8 N–H and O–H groups in total. The van der Waals surface area contributed by atoms with E-state index in [9.17, 15) is 53.4 Å². The highest BCUT2D eigenvalue weighted by molar-refractivity contribution is 7.13. The predicted molar refractivity (Wildman–Crippen MR) is 351 cm³/mol. The zero-order chi connectivity index (χ0) is 68.9.